The maximum absolute atomic E-state index is 11.7. The van der Waals surface area contributed by atoms with Crippen LogP contribution in [0.1, 0.15) is 39.2 Å². The van der Waals surface area contributed by atoms with Crippen molar-refractivity contribution in [2.45, 2.75) is 51.1 Å². The highest BCUT2D eigenvalue weighted by Gasteiger charge is 2.06. The summed E-state index contributed by atoms with van der Waals surface area (Å²) in [7, 11) is 0. The maximum Gasteiger partial charge on any atom is 0.230 e. The molecule has 1 unspecified atom stereocenters. The first-order chi connectivity index (χ1) is 9.65. The molecule has 3 nitrogen and oxygen atoms in total. The monoisotopic (exact) mass is 294 g/mol. The van der Waals surface area contributed by atoms with E-state index in [1.807, 2.05) is 6.92 Å². The molecule has 0 fully saturated rings. The van der Waals surface area contributed by atoms with Crippen molar-refractivity contribution >= 4 is 17.7 Å². The van der Waals surface area contributed by atoms with Gasteiger partial charge in [0.25, 0.3) is 0 Å². The molecular weight excluding hydrogens is 268 g/mol. The summed E-state index contributed by atoms with van der Waals surface area (Å²) < 4.78 is 0. The topological polar surface area (TPSA) is 41.1 Å². The summed E-state index contributed by atoms with van der Waals surface area (Å²) >= 11 is 1.59. The second-order valence-corrected chi connectivity index (χ2v) is 6.04. The first-order valence-corrected chi connectivity index (χ1v) is 8.36. The van der Waals surface area contributed by atoms with Crippen LogP contribution >= 0.6 is 11.8 Å². The highest BCUT2D eigenvalue weighted by Crippen LogP contribution is 2.19. The van der Waals surface area contributed by atoms with Gasteiger partial charge in [0, 0.05) is 17.5 Å². The quantitative estimate of drug-likeness (QED) is 0.543. The molecule has 0 aliphatic rings. The minimum absolute atomic E-state index is 0.110. The number of nitrogens with one attached hydrogen (secondary N) is 2. The lowest BCUT2D eigenvalue weighted by atomic mass is 10.2. The number of rotatable bonds is 9. The number of hydrogen-bond donors (Lipinski definition) is 2. The number of hydrogen-bond acceptors (Lipinski definition) is 3. The van der Waals surface area contributed by atoms with Crippen LogP contribution in [0, 0.1) is 0 Å². The molecule has 1 atom stereocenters. The molecule has 4 heteroatoms. The molecule has 112 valence electrons. The predicted molar refractivity (Wildman–Crippen MR) is 87.1 cm³/mol. The lowest BCUT2D eigenvalue weighted by Crippen LogP contribution is -2.33. The molecule has 0 heterocycles. The van der Waals surface area contributed by atoms with Gasteiger partial charge in [-0.3, -0.25) is 4.79 Å². The summed E-state index contributed by atoms with van der Waals surface area (Å²) in [6.45, 7) is 8.19. The SMILES string of the molecule is CCCNCc1cccc(SCC(=O)NC(C)CC)c1. The van der Waals surface area contributed by atoms with E-state index in [-0.39, 0.29) is 11.9 Å². The number of amides is 1. The van der Waals surface area contributed by atoms with Gasteiger partial charge in [-0.2, -0.15) is 0 Å². The van der Waals surface area contributed by atoms with Gasteiger partial charge in [0.05, 0.1) is 5.75 Å². The fourth-order valence-electron chi connectivity index (χ4n) is 1.72. The average molecular weight is 294 g/mol. The Kier molecular flexibility index (Phi) is 8.38. The van der Waals surface area contributed by atoms with Gasteiger partial charge in [0.1, 0.15) is 0 Å². The Morgan fingerprint density at radius 1 is 1.35 bits per heavy atom. The standard InChI is InChI=1S/C16H26N2OS/c1-4-9-17-11-14-7-6-8-15(10-14)20-12-16(19)18-13(3)5-2/h6-8,10,13,17H,4-5,9,11-12H2,1-3H3,(H,18,19). The Labute approximate surface area is 126 Å². The van der Waals surface area contributed by atoms with Crippen LogP contribution in [0.15, 0.2) is 29.2 Å². The van der Waals surface area contributed by atoms with Gasteiger partial charge < -0.3 is 10.6 Å². The van der Waals surface area contributed by atoms with Gasteiger partial charge in [-0.1, -0.05) is 26.0 Å². The predicted octanol–water partition coefficient (Wildman–Crippen LogP) is 3.19. The third-order valence-corrected chi connectivity index (χ3v) is 4.04. The average Bonchev–Trinajstić information content (AvgIpc) is 2.46. The third-order valence-electron chi connectivity index (χ3n) is 3.04. The van der Waals surface area contributed by atoms with Gasteiger partial charge in [0.2, 0.25) is 5.91 Å². The molecule has 0 aliphatic heterocycles. The van der Waals surface area contributed by atoms with E-state index in [2.05, 4.69) is 48.7 Å². The lowest BCUT2D eigenvalue weighted by molar-refractivity contribution is -0.119. The van der Waals surface area contributed by atoms with Crippen LogP contribution in [0.5, 0.6) is 0 Å². The van der Waals surface area contributed by atoms with E-state index in [0.29, 0.717) is 5.75 Å². The van der Waals surface area contributed by atoms with E-state index in [1.54, 1.807) is 11.8 Å². The van der Waals surface area contributed by atoms with Crippen LogP contribution in [0.4, 0.5) is 0 Å². The Morgan fingerprint density at radius 3 is 2.85 bits per heavy atom. The van der Waals surface area contributed by atoms with Gasteiger partial charge in [0.15, 0.2) is 0 Å². The van der Waals surface area contributed by atoms with Gasteiger partial charge >= 0.3 is 0 Å². The number of carbonyl (C=O) groups is 1. The summed E-state index contributed by atoms with van der Waals surface area (Å²) in [5, 5.41) is 6.37. The number of thioether (sulfide) groups is 1. The molecule has 20 heavy (non-hydrogen) atoms. The van der Waals surface area contributed by atoms with Crippen molar-refractivity contribution in [3.63, 3.8) is 0 Å². The van der Waals surface area contributed by atoms with Crippen LogP contribution in [0.2, 0.25) is 0 Å². The van der Waals surface area contributed by atoms with Crippen LogP contribution in [-0.4, -0.2) is 24.2 Å². The minimum Gasteiger partial charge on any atom is -0.353 e. The lowest BCUT2D eigenvalue weighted by Gasteiger charge is -2.11. The van der Waals surface area contributed by atoms with Crippen molar-refractivity contribution in [3.05, 3.63) is 29.8 Å². The van der Waals surface area contributed by atoms with Crippen molar-refractivity contribution in [2.75, 3.05) is 12.3 Å². The van der Waals surface area contributed by atoms with Crippen LogP contribution < -0.4 is 10.6 Å². The smallest absolute Gasteiger partial charge is 0.230 e. The Morgan fingerprint density at radius 2 is 2.15 bits per heavy atom. The molecule has 0 aliphatic carbocycles. The van der Waals surface area contributed by atoms with E-state index in [4.69, 9.17) is 0 Å². The number of carbonyl (C=O) groups excluding carboxylic acids is 1. The van der Waals surface area contributed by atoms with Crippen molar-refractivity contribution < 1.29 is 4.79 Å². The highest BCUT2D eigenvalue weighted by molar-refractivity contribution is 8.00. The van der Waals surface area contributed by atoms with Gasteiger partial charge in [-0.15, -0.1) is 11.8 Å². The Balaban J connectivity index is 2.39. The second kappa shape index (κ2) is 9.83. The Bertz CT molecular complexity index is 409. The zero-order chi connectivity index (χ0) is 14.8. The zero-order valence-corrected chi connectivity index (χ0v) is 13.6. The minimum atomic E-state index is 0.110. The summed E-state index contributed by atoms with van der Waals surface area (Å²) in [6, 6.07) is 8.64. The molecule has 0 radical (unpaired) electrons. The molecule has 1 amide bonds. The molecule has 1 aromatic carbocycles. The number of benzene rings is 1. The Hall–Kier alpha value is -1.00. The molecule has 1 rings (SSSR count). The van der Waals surface area contributed by atoms with E-state index in [1.165, 1.54) is 5.56 Å². The first kappa shape index (κ1) is 17.1. The van der Waals surface area contributed by atoms with Crippen LogP contribution in [0.3, 0.4) is 0 Å². The second-order valence-electron chi connectivity index (χ2n) is 4.99. The van der Waals surface area contributed by atoms with Crippen molar-refractivity contribution in [1.29, 1.82) is 0 Å². The van der Waals surface area contributed by atoms with Crippen molar-refractivity contribution in [2.24, 2.45) is 0 Å². The van der Waals surface area contributed by atoms with E-state index < -0.39 is 0 Å². The van der Waals surface area contributed by atoms with Crippen LogP contribution in [-0.2, 0) is 11.3 Å². The molecule has 2 N–H and O–H groups in total. The fraction of sp³-hybridized carbons (Fsp3) is 0.562. The molecule has 0 saturated heterocycles. The molecule has 1 aromatic rings. The summed E-state index contributed by atoms with van der Waals surface area (Å²) in [5.74, 6) is 0.592. The molecule has 0 spiro atoms. The molecule has 0 saturated carbocycles. The van der Waals surface area contributed by atoms with E-state index in [9.17, 15) is 4.79 Å². The molecular formula is C16H26N2OS. The van der Waals surface area contributed by atoms with E-state index >= 15 is 0 Å². The van der Waals surface area contributed by atoms with Crippen molar-refractivity contribution in [1.82, 2.24) is 10.6 Å². The first-order valence-electron chi connectivity index (χ1n) is 7.37. The summed E-state index contributed by atoms with van der Waals surface area (Å²) in [6.07, 6.45) is 2.11. The van der Waals surface area contributed by atoms with Gasteiger partial charge in [-0.05, 0) is 44.0 Å². The molecule has 0 bridgehead atoms. The van der Waals surface area contributed by atoms with Crippen LogP contribution in [0.25, 0.3) is 0 Å². The summed E-state index contributed by atoms with van der Waals surface area (Å²) in [4.78, 5) is 12.9. The highest BCUT2D eigenvalue weighted by atomic mass is 32.2. The largest absolute Gasteiger partial charge is 0.353 e. The fourth-order valence-corrected chi connectivity index (χ4v) is 2.51. The van der Waals surface area contributed by atoms with E-state index in [0.717, 1.165) is 30.8 Å². The van der Waals surface area contributed by atoms with Gasteiger partial charge in [-0.25, -0.2) is 0 Å². The molecule has 0 aromatic heterocycles. The summed E-state index contributed by atoms with van der Waals surface area (Å²) in [5.41, 5.74) is 1.27. The maximum atomic E-state index is 11.7. The third kappa shape index (κ3) is 6.96. The van der Waals surface area contributed by atoms with Crippen molar-refractivity contribution in [3.8, 4) is 0 Å². The zero-order valence-electron chi connectivity index (χ0n) is 12.7. The normalized spacial score (nSPS) is 12.2.